The molecule has 0 bridgehead atoms. The third kappa shape index (κ3) is 4.48. The molecule has 0 atom stereocenters. The molecule has 30 heavy (non-hydrogen) atoms. The van der Waals surface area contributed by atoms with Crippen molar-refractivity contribution in [3.63, 3.8) is 0 Å². The molecule has 3 aromatic rings. The third-order valence-electron chi connectivity index (χ3n) is 5.54. The second-order valence-corrected chi connectivity index (χ2v) is 9.76. The van der Waals surface area contributed by atoms with Crippen molar-refractivity contribution in [2.75, 3.05) is 20.1 Å². The van der Waals surface area contributed by atoms with E-state index >= 15 is 0 Å². The van der Waals surface area contributed by atoms with Gasteiger partial charge in [0.1, 0.15) is 0 Å². The minimum atomic E-state index is -3.51. The second kappa shape index (κ2) is 9.12. The van der Waals surface area contributed by atoms with Gasteiger partial charge in [0.15, 0.2) is 0 Å². The van der Waals surface area contributed by atoms with Crippen LogP contribution in [0.4, 0.5) is 0 Å². The van der Waals surface area contributed by atoms with E-state index in [9.17, 15) is 8.42 Å². The molecule has 0 N–H and O–H groups in total. The highest BCUT2D eigenvalue weighted by Gasteiger charge is 2.28. The Morgan fingerprint density at radius 1 is 0.900 bits per heavy atom. The fourth-order valence-electron chi connectivity index (χ4n) is 3.87. The molecule has 1 fully saturated rings. The summed E-state index contributed by atoms with van der Waals surface area (Å²) in [5.74, 6) is 0. The maximum Gasteiger partial charge on any atom is 0.282 e. The molecule has 0 amide bonds. The van der Waals surface area contributed by atoms with E-state index in [1.807, 2.05) is 71.5 Å². The van der Waals surface area contributed by atoms with Crippen LogP contribution < -0.4 is 0 Å². The van der Waals surface area contributed by atoms with Crippen LogP contribution in [0, 0.1) is 0 Å². The summed E-state index contributed by atoms with van der Waals surface area (Å²) in [7, 11) is -1.85. The van der Waals surface area contributed by atoms with Crippen molar-refractivity contribution in [1.82, 2.24) is 18.4 Å². The summed E-state index contributed by atoms with van der Waals surface area (Å²) in [6.45, 7) is 1.47. The van der Waals surface area contributed by atoms with E-state index in [-0.39, 0.29) is 6.54 Å². The van der Waals surface area contributed by atoms with Crippen molar-refractivity contribution >= 4 is 10.2 Å². The predicted octanol–water partition coefficient (Wildman–Crippen LogP) is 4.09. The topological polar surface area (TPSA) is 58.4 Å². The zero-order valence-electron chi connectivity index (χ0n) is 17.3. The molecule has 2 heterocycles. The number of para-hydroxylation sites is 1. The Morgan fingerprint density at radius 2 is 1.50 bits per heavy atom. The van der Waals surface area contributed by atoms with Crippen LogP contribution in [0.25, 0.3) is 16.9 Å². The van der Waals surface area contributed by atoms with Crippen LogP contribution in [-0.2, 0) is 16.8 Å². The Labute approximate surface area is 178 Å². The Bertz CT molecular complexity index is 1060. The molecular weight excluding hydrogens is 396 g/mol. The van der Waals surface area contributed by atoms with E-state index in [0.717, 1.165) is 48.2 Å². The van der Waals surface area contributed by atoms with Crippen molar-refractivity contribution in [1.29, 1.82) is 0 Å². The highest BCUT2D eigenvalue weighted by molar-refractivity contribution is 7.86. The van der Waals surface area contributed by atoms with Gasteiger partial charge in [0.25, 0.3) is 10.2 Å². The Morgan fingerprint density at radius 3 is 2.13 bits per heavy atom. The largest absolute Gasteiger partial charge is 0.282 e. The number of rotatable bonds is 6. The second-order valence-electron chi connectivity index (χ2n) is 7.73. The van der Waals surface area contributed by atoms with Gasteiger partial charge in [-0.15, -0.1) is 0 Å². The van der Waals surface area contributed by atoms with E-state index in [4.69, 9.17) is 5.10 Å². The summed E-state index contributed by atoms with van der Waals surface area (Å²) in [6.07, 6.45) is 5.98. The molecule has 0 unspecified atom stereocenters. The van der Waals surface area contributed by atoms with Crippen LogP contribution in [0.2, 0.25) is 0 Å². The zero-order chi connectivity index (χ0) is 21.0. The van der Waals surface area contributed by atoms with Gasteiger partial charge in [-0.3, -0.25) is 0 Å². The standard InChI is InChI=1S/C23H28N4O2S/c1-25(30(28,29)26-16-10-2-3-11-17-26)18-21-19-27(22-14-8-5-9-15-22)24-23(21)20-12-6-4-7-13-20/h4-9,12-15,19H,2-3,10-11,16-18H2,1H3. The van der Waals surface area contributed by atoms with Gasteiger partial charge in [-0.25, -0.2) is 4.68 Å². The number of benzene rings is 2. The monoisotopic (exact) mass is 424 g/mol. The van der Waals surface area contributed by atoms with E-state index in [0.29, 0.717) is 13.1 Å². The third-order valence-corrected chi connectivity index (χ3v) is 7.47. The molecule has 0 aliphatic carbocycles. The lowest BCUT2D eigenvalue weighted by atomic mass is 10.1. The number of hydrogen-bond donors (Lipinski definition) is 0. The first-order valence-corrected chi connectivity index (χ1v) is 11.9. The molecule has 6 nitrogen and oxygen atoms in total. The van der Waals surface area contributed by atoms with Crippen LogP contribution >= 0.6 is 0 Å². The lowest BCUT2D eigenvalue weighted by Crippen LogP contribution is -2.42. The van der Waals surface area contributed by atoms with Crippen molar-refractivity contribution < 1.29 is 8.42 Å². The van der Waals surface area contributed by atoms with E-state index < -0.39 is 10.2 Å². The van der Waals surface area contributed by atoms with Crippen molar-refractivity contribution in [3.8, 4) is 16.9 Å². The van der Waals surface area contributed by atoms with Gasteiger partial charge in [0, 0.05) is 44.0 Å². The summed E-state index contributed by atoms with van der Waals surface area (Å²) in [4.78, 5) is 0. The highest BCUT2D eigenvalue weighted by Crippen LogP contribution is 2.26. The summed E-state index contributed by atoms with van der Waals surface area (Å²) in [5.41, 5.74) is 3.60. The van der Waals surface area contributed by atoms with Crippen molar-refractivity contribution in [3.05, 3.63) is 72.4 Å². The number of aromatic nitrogens is 2. The summed E-state index contributed by atoms with van der Waals surface area (Å²) in [6, 6.07) is 19.8. The van der Waals surface area contributed by atoms with Gasteiger partial charge in [-0.2, -0.15) is 22.1 Å². The molecule has 2 aromatic carbocycles. The first-order chi connectivity index (χ1) is 14.6. The molecule has 1 aliphatic rings. The lowest BCUT2D eigenvalue weighted by molar-refractivity contribution is 0.363. The average molecular weight is 425 g/mol. The maximum absolute atomic E-state index is 13.2. The molecule has 158 valence electrons. The van der Waals surface area contributed by atoms with Crippen molar-refractivity contribution in [2.24, 2.45) is 0 Å². The molecule has 1 saturated heterocycles. The molecular formula is C23H28N4O2S. The van der Waals surface area contributed by atoms with E-state index in [1.165, 1.54) is 4.31 Å². The van der Waals surface area contributed by atoms with Gasteiger partial charge < -0.3 is 0 Å². The fraction of sp³-hybridized carbons (Fsp3) is 0.348. The van der Waals surface area contributed by atoms with Gasteiger partial charge in [0.05, 0.1) is 11.4 Å². The van der Waals surface area contributed by atoms with Crippen LogP contribution in [0.15, 0.2) is 66.9 Å². The van der Waals surface area contributed by atoms with Crippen LogP contribution in [0.1, 0.15) is 31.2 Å². The molecule has 4 rings (SSSR count). The summed E-state index contributed by atoms with van der Waals surface area (Å²) < 4.78 is 31.3. The Hall–Kier alpha value is -2.48. The van der Waals surface area contributed by atoms with Gasteiger partial charge >= 0.3 is 0 Å². The smallest absolute Gasteiger partial charge is 0.240 e. The Kier molecular flexibility index (Phi) is 6.32. The predicted molar refractivity (Wildman–Crippen MR) is 119 cm³/mol. The summed E-state index contributed by atoms with van der Waals surface area (Å²) in [5, 5.41) is 4.79. The van der Waals surface area contributed by atoms with Gasteiger partial charge in [-0.05, 0) is 25.0 Å². The van der Waals surface area contributed by atoms with E-state index in [1.54, 1.807) is 11.4 Å². The first-order valence-electron chi connectivity index (χ1n) is 10.5. The lowest BCUT2D eigenvalue weighted by Gasteiger charge is -2.26. The molecule has 1 aromatic heterocycles. The first kappa shape index (κ1) is 20.8. The molecule has 1 aliphatic heterocycles. The number of hydrogen-bond acceptors (Lipinski definition) is 3. The molecule has 7 heteroatoms. The molecule has 0 radical (unpaired) electrons. The summed E-state index contributed by atoms with van der Waals surface area (Å²) >= 11 is 0. The van der Waals surface area contributed by atoms with Gasteiger partial charge in [-0.1, -0.05) is 61.4 Å². The minimum absolute atomic E-state index is 0.274. The fourth-order valence-corrected chi connectivity index (χ4v) is 5.28. The quantitative estimate of drug-likeness (QED) is 0.599. The SMILES string of the molecule is CN(Cc1cn(-c2ccccc2)nc1-c1ccccc1)S(=O)(=O)N1CCCCCC1. The molecule has 0 spiro atoms. The number of nitrogens with zero attached hydrogens (tertiary/aromatic N) is 4. The highest BCUT2D eigenvalue weighted by atomic mass is 32.2. The van der Waals surface area contributed by atoms with Gasteiger partial charge in [0.2, 0.25) is 0 Å². The minimum Gasteiger partial charge on any atom is -0.240 e. The normalized spacial score (nSPS) is 15.9. The molecule has 0 saturated carbocycles. The van der Waals surface area contributed by atoms with Crippen LogP contribution in [-0.4, -0.2) is 46.9 Å². The maximum atomic E-state index is 13.2. The van der Waals surface area contributed by atoms with E-state index in [2.05, 4.69) is 0 Å². The Balaban J connectivity index is 1.66. The zero-order valence-corrected chi connectivity index (χ0v) is 18.1. The van der Waals surface area contributed by atoms with Crippen molar-refractivity contribution in [2.45, 2.75) is 32.2 Å². The average Bonchev–Trinajstić information content (AvgIpc) is 2.99. The van der Waals surface area contributed by atoms with Crippen LogP contribution in [0.5, 0.6) is 0 Å². The van der Waals surface area contributed by atoms with Crippen LogP contribution in [0.3, 0.4) is 0 Å².